The van der Waals surface area contributed by atoms with Crippen LogP contribution in [0.25, 0.3) is 0 Å². The predicted molar refractivity (Wildman–Crippen MR) is 77.9 cm³/mol. The van der Waals surface area contributed by atoms with Crippen LogP contribution < -0.4 is 10.1 Å². The highest BCUT2D eigenvalue weighted by Crippen LogP contribution is 2.40. The summed E-state index contributed by atoms with van der Waals surface area (Å²) in [7, 11) is 0. The van der Waals surface area contributed by atoms with E-state index in [0.29, 0.717) is 31.2 Å². The molecule has 0 aromatic heterocycles. The second-order valence-electron chi connectivity index (χ2n) is 6.07. The summed E-state index contributed by atoms with van der Waals surface area (Å²) in [4.78, 5) is 26.4. The maximum absolute atomic E-state index is 12.9. The SMILES string of the molecule is CC(C)CCN1C(=O)N[C@]2(CCOc3ccccc32)C1=O. The summed E-state index contributed by atoms with van der Waals surface area (Å²) in [6.45, 7) is 5.06. The van der Waals surface area contributed by atoms with Crippen LogP contribution in [0.1, 0.15) is 32.3 Å². The van der Waals surface area contributed by atoms with E-state index in [9.17, 15) is 9.59 Å². The van der Waals surface area contributed by atoms with Gasteiger partial charge in [-0.1, -0.05) is 32.0 Å². The standard InChI is InChI=1S/C16H20N2O3/c1-11(2)7-9-18-14(19)16(17-15(18)20)8-10-21-13-6-4-3-5-12(13)16/h3-6,11H,7-10H2,1-2H3,(H,17,20)/t16-/m0/s1. The molecule has 1 aromatic carbocycles. The zero-order valence-electron chi connectivity index (χ0n) is 12.4. The van der Waals surface area contributed by atoms with Crippen LogP contribution >= 0.6 is 0 Å². The molecule has 0 unspecified atom stereocenters. The molecule has 0 saturated carbocycles. The summed E-state index contributed by atoms with van der Waals surface area (Å²) in [6, 6.07) is 7.14. The van der Waals surface area contributed by atoms with Gasteiger partial charge in [0.2, 0.25) is 0 Å². The van der Waals surface area contributed by atoms with Crippen LogP contribution in [-0.4, -0.2) is 30.0 Å². The van der Waals surface area contributed by atoms with E-state index in [1.165, 1.54) is 4.90 Å². The lowest BCUT2D eigenvalue weighted by Crippen LogP contribution is -2.47. The normalized spacial score (nSPS) is 24.2. The molecule has 1 spiro atoms. The Morgan fingerprint density at radius 2 is 2.10 bits per heavy atom. The van der Waals surface area contributed by atoms with E-state index in [2.05, 4.69) is 19.2 Å². The van der Waals surface area contributed by atoms with Gasteiger partial charge < -0.3 is 10.1 Å². The van der Waals surface area contributed by atoms with Crippen LogP contribution in [0.4, 0.5) is 4.79 Å². The number of carbonyl (C=O) groups is 2. The van der Waals surface area contributed by atoms with Crippen molar-refractivity contribution in [3.05, 3.63) is 29.8 Å². The molecule has 1 aromatic rings. The first-order valence-electron chi connectivity index (χ1n) is 7.41. The topological polar surface area (TPSA) is 58.6 Å². The highest BCUT2D eigenvalue weighted by molar-refractivity contribution is 6.07. The second-order valence-corrected chi connectivity index (χ2v) is 6.07. The molecular formula is C16H20N2O3. The molecule has 3 amide bonds. The van der Waals surface area contributed by atoms with E-state index in [1.54, 1.807) is 0 Å². The van der Waals surface area contributed by atoms with E-state index in [1.807, 2.05) is 24.3 Å². The van der Waals surface area contributed by atoms with Gasteiger partial charge in [0.15, 0.2) is 5.54 Å². The summed E-state index contributed by atoms with van der Waals surface area (Å²) < 4.78 is 5.61. The fraction of sp³-hybridized carbons (Fsp3) is 0.500. The number of carbonyl (C=O) groups excluding carboxylic acids is 2. The third-order valence-corrected chi connectivity index (χ3v) is 4.19. The molecule has 1 atom stereocenters. The minimum absolute atomic E-state index is 0.149. The molecule has 5 nitrogen and oxygen atoms in total. The number of benzene rings is 1. The molecule has 2 aliphatic rings. The molecule has 21 heavy (non-hydrogen) atoms. The molecule has 0 radical (unpaired) electrons. The van der Waals surface area contributed by atoms with Crippen molar-refractivity contribution in [3.8, 4) is 5.75 Å². The maximum atomic E-state index is 12.9. The van der Waals surface area contributed by atoms with E-state index >= 15 is 0 Å². The fourth-order valence-corrected chi connectivity index (χ4v) is 2.96. The lowest BCUT2D eigenvalue weighted by molar-refractivity contribution is -0.132. The van der Waals surface area contributed by atoms with Gasteiger partial charge in [-0.05, 0) is 18.4 Å². The summed E-state index contributed by atoms with van der Waals surface area (Å²) in [5.74, 6) is 0.983. The number of para-hydroxylation sites is 1. The van der Waals surface area contributed by atoms with E-state index in [0.717, 1.165) is 12.0 Å². The summed E-state index contributed by atoms with van der Waals surface area (Å²) in [5.41, 5.74) is -0.176. The van der Waals surface area contributed by atoms with Crippen LogP contribution in [0.2, 0.25) is 0 Å². The highest BCUT2D eigenvalue weighted by Gasteiger charge is 2.54. The average molecular weight is 288 g/mol. The first-order chi connectivity index (χ1) is 10.0. The van der Waals surface area contributed by atoms with Crippen molar-refractivity contribution < 1.29 is 14.3 Å². The van der Waals surface area contributed by atoms with Crippen molar-refractivity contribution in [1.82, 2.24) is 10.2 Å². The Bertz CT molecular complexity index is 585. The minimum atomic E-state index is -0.942. The lowest BCUT2D eigenvalue weighted by Gasteiger charge is -2.33. The van der Waals surface area contributed by atoms with Gasteiger partial charge in [-0.25, -0.2) is 4.79 Å². The van der Waals surface area contributed by atoms with Crippen molar-refractivity contribution in [1.29, 1.82) is 0 Å². The molecule has 2 heterocycles. The molecule has 1 fully saturated rings. The van der Waals surface area contributed by atoms with Gasteiger partial charge in [0.05, 0.1) is 6.61 Å². The van der Waals surface area contributed by atoms with Crippen molar-refractivity contribution in [2.45, 2.75) is 32.2 Å². The number of urea groups is 1. The fourth-order valence-electron chi connectivity index (χ4n) is 2.96. The van der Waals surface area contributed by atoms with E-state index in [-0.39, 0.29) is 11.9 Å². The molecule has 3 rings (SSSR count). The van der Waals surface area contributed by atoms with Gasteiger partial charge in [0.1, 0.15) is 5.75 Å². The maximum Gasteiger partial charge on any atom is 0.325 e. The van der Waals surface area contributed by atoms with Crippen LogP contribution in [0.5, 0.6) is 5.75 Å². The first-order valence-corrected chi connectivity index (χ1v) is 7.41. The van der Waals surface area contributed by atoms with Crippen molar-refractivity contribution in [2.24, 2.45) is 5.92 Å². The van der Waals surface area contributed by atoms with Gasteiger partial charge in [0, 0.05) is 18.5 Å². The molecule has 0 bridgehead atoms. The third-order valence-electron chi connectivity index (χ3n) is 4.19. The summed E-state index contributed by atoms with van der Waals surface area (Å²) >= 11 is 0. The molecule has 2 aliphatic heterocycles. The van der Waals surface area contributed by atoms with Gasteiger partial charge in [0.25, 0.3) is 5.91 Å². The smallest absolute Gasteiger partial charge is 0.325 e. The van der Waals surface area contributed by atoms with Gasteiger partial charge >= 0.3 is 6.03 Å². The van der Waals surface area contributed by atoms with Gasteiger partial charge in [-0.3, -0.25) is 9.69 Å². The van der Waals surface area contributed by atoms with Crippen LogP contribution in [0.15, 0.2) is 24.3 Å². The highest BCUT2D eigenvalue weighted by atomic mass is 16.5. The van der Waals surface area contributed by atoms with Crippen LogP contribution in [-0.2, 0) is 10.3 Å². The number of imide groups is 1. The average Bonchev–Trinajstić information content (AvgIpc) is 2.69. The Morgan fingerprint density at radius 3 is 2.86 bits per heavy atom. The Kier molecular flexibility index (Phi) is 3.35. The number of fused-ring (bicyclic) bond motifs is 2. The molecule has 1 saturated heterocycles. The molecule has 112 valence electrons. The first kappa shape index (κ1) is 13.9. The largest absolute Gasteiger partial charge is 0.493 e. The predicted octanol–water partition coefficient (Wildman–Crippen LogP) is 2.26. The third kappa shape index (κ3) is 2.17. The lowest BCUT2D eigenvalue weighted by atomic mass is 9.84. The van der Waals surface area contributed by atoms with Crippen molar-refractivity contribution >= 4 is 11.9 Å². The monoisotopic (exact) mass is 288 g/mol. The van der Waals surface area contributed by atoms with Crippen molar-refractivity contribution in [2.75, 3.05) is 13.2 Å². The molecule has 1 N–H and O–H groups in total. The molecule has 5 heteroatoms. The zero-order chi connectivity index (χ0) is 15.0. The number of hydrogen-bond acceptors (Lipinski definition) is 3. The van der Waals surface area contributed by atoms with Crippen LogP contribution in [0, 0.1) is 5.92 Å². The zero-order valence-corrected chi connectivity index (χ0v) is 12.4. The number of rotatable bonds is 3. The molecule has 0 aliphatic carbocycles. The minimum Gasteiger partial charge on any atom is -0.493 e. The Hall–Kier alpha value is -2.04. The second kappa shape index (κ2) is 5.06. The number of hydrogen-bond donors (Lipinski definition) is 1. The van der Waals surface area contributed by atoms with Gasteiger partial charge in [-0.2, -0.15) is 0 Å². The number of nitrogens with zero attached hydrogens (tertiary/aromatic N) is 1. The Balaban J connectivity index is 1.94. The summed E-state index contributed by atoms with van der Waals surface area (Å²) in [5, 5.41) is 2.91. The number of amides is 3. The number of nitrogens with one attached hydrogen (secondary N) is 1. The summed E-state index contributed by atoms with van der Waals surface area (Å²) in [6.07, 6.45) is 1.29. The molecular weight excluding hydrogens is 268 g/mol. The van der Waals surface area contributed by atoms with E-state index < -0.39 is 5.54 Å². The quantitative estimate of drug-likeness (QED) is 0.868. The van der Waals surface area contributed by atoms with Gasteiger partial charge in [-0.15, -0.1) is 0 Å². The van der Waals surface area contributed by atoms with Crippen molar-refractivity contribution in [3.63, 3.8) is 0 Å². The Morgan fingerprint density at radius 1 is 1.33 bits per heavy atom. The number of ether oxygens (including phenoxy) is 1. The van der Waals surface area contributed by atoms with Crippen LogP contribution in [0.3, 0.4) is 0 Å². The Labute approximate surface area is 124 Å². The van der Waals surface area contributed by atoms with E-state index in [4.69, 9.17) is 4.74 Å².